The summed E-state index contributed by atoms with van der Waals surface area (Å²) in [5.74, 6) is -3.93. The summed E-state index contributed by atoms with van der Waals surface area (Å²) in [6.07, 6.45) is 15.4. The fourth-order valence-corrected chi connectivity index (χ4v) is 16.9. The average Bonchev–Trinajstić information content (AvgIpc) is 1.68. The van der Waals surface area contributed by atoms with Crippen molar-refractivity contribution in [3.8, 4) is 0 Å². The van der Waals surface area contributed by atoms with E-state index in [1.807, 2.05) is 132 Å². The molecule has 0 aromatic heterocycles. The fourth-order valence-electron chi connectivity index (χ4n) is 16.9. The van der Waals surface area contributed by atoms with Crippen LogP contribution in [0.4, 0.5) is 0 Å². The van der Waals surface area contributed by atoms with Crippen LogP contribution < -0.4 is 0 Å². The average molecular weight is 2040 g/mol. The van der Waals surface area contributed by atoms with E-state index in [1.54, 1.807) is 55.4 Å². The first kappa shape index (κ1) is 121. The Hall–Kier alpha value is -13.4. The Kier molecular flexibility index (Phi) is 51.4. The zero-order chi connectivity index (χ0) is 109. The summed E-state index contributed by atoms with van der Waals surface area (Å²) in [4.78, 5) is 102. The Morgan fingerprint density at radius 1 is 0.275 bits per heavy atom. The van der Waals surface area contributed by atoms with Crippen LogP contribution in [0.15, 0.2) is 291 Å². The van der Waals surface area contributed by atoms with Crippen molar-refractivity contribution in [3.05, 3.63) is 380 Å². The Morgan fingerprint density at radius 2 is 0.523 bits per heavy atom. The Morgan fingerprint density at radius 3 is 0.832 bits per heavy atom. The van der Waals surface area contributed by atoms with Crippen molar-refractivity contribution >= 4 is 53.7 Å². The maximum Gasteiger partial charge on any atom is 0.346 e. The Bertz CT molecular complexity index is 5640. The molecule has 16 rings (SSSR count). The van der Waals surface area contributed by atoms with Crippen LogP contribution in [0.2, 0.25) is 0 Å². The molecule has 0 saturated carbocycles. The maximum absolute atomic E-state index is 11.6. The van der Waals surface area contributed by atoms with Gasteiger partial charge in [0.15, 0.2) is 40.6 Å². The van der Waals surface area contributed by atoms with Crippen molar-refractivity contribution in [2.45, 2.75) is 280 Å². The number of benzene rings is 8. The van der Waals surface area contributed by atoms with Crippen molar-refractivity contribution < 1.29 is 124 Å². The van der Waals surface area contributed by atoms with E-state index in [1.165, 1.54) is 95.9 Å². The van der Waals surface area contributed by atoms with Gasteiger partial charge < -0.3 is 80.5 Å². The van der Waals surface area contributed by atoms with E-state index in [9.17, 15) is 43.2 Å². The van der Waals surface area contributed by atoms with Gasteiger partial charge in [-0.3, -0.25) is 0 Å². The molecule has 0 spiro atoms. The zero-order valence-corrected chi connectivity index (χ0v) is 89.1. The summed E-state index contributed by atoms with van der Waals surface area (Å²) in [5, 5.41) is 0. The summed E-state index contributed by atoms with van der Waals surface area (Å²) in [6, 6.07) is 66.1. The standard InChI is InChI=1S/C17H22O3.C16H18O5.C16H20O3.2C15H18O3.3C14H16O3.C2H6/c1-11(2)16(18)20-17(12(3)4)19-15-9-13-7-5-6-8-14(13)10-15;1-11(2)16(18)19-9-15(17)21-10-20-14-7-12-5-3-4-6-13(12)8-14;1-4-15(19-16(17)11(2)3)18-14-9-12-7-5-6-8-13(12)10-14;1-10(2)15(16)18-11(3)17-14-8-12-6-4-5-7-13(12)9-14;1-11(2)15(16)18-10-17-14-9-5-7-12-6-3-4-8-13(12)14;2*1-10(2)14(15)17-9-16-13-7-11-5-3-4-6-12(11)8-13;1-10(2)14(15)17-9-16-13-8-7-11-5-3-4-6-12(11)13;1-2/h5-8,12,15,17H,1,9-10H2,2-4H3;3-6,14H,1,7-10H2,2H3;5-8,14-15H,2,4,9-10H2,1,3H3;4-7,11,14H,1,8-9H2,2-3H3;3-4,6,8,14H,1,5,7,9-10H2,2H3;3*3-6,13H,1,7-9H2,2H3;1-2H3. The lowest BCUT2D eigenvalue weighted by molar-refractivity contribution is -0.196. The van der Waals surface area contributed by atoms with Gasteiger partial charge in [-0.25, -0.2) is 43.2 Å². The summed E-state index contributed by atoms with van der Waals surface area (Å²) in [5.41, 5.74) is 23.8. The summed E-state index contributed by atoms with van der Waals surface area (Å²) >= 11 is 0. The van der Waals surface area contributed by atoms with E-state index >= 15 is 0 Å². The second kappa shape index (κ2) is 63.4. The molecule has 26 heteroatoms. The van der Waals surface area contributed by atoms with Gasteiger partial charge in [-0.05, 0) is 260 Å². The SMILES string of the molecule is C=C(C)C(=O)OC(C)OC1Cc2ccccc2C1.C=C(C)C(=O)OC(CC)OC1Cc2ccccc2C1.C=C(C)C(=O)OC(OC1Cc2ccccc2C1)C(C)C.C=C(C)C(=O)OCC(=O)OCOC1Cc2ccccc2C1.C=C(C)C(=O)OCOC1CCCc2ccccc21.C=C(C)C(=O)OCOC1CCc2ccccc21.C=C(C)C(=O)OCOC1Cc2ccccc2C1.C=C(C)C(=O)OCOC1Cc2ccccc2C1.CC. The molecule has 0 N–H and O–H groups in total. The summed E-state index contributed by atoms with van der Waals surface area (Å²) < 4.78 is 90.3. The number of hydrogen-bond donors (Lipinski definition) is 0. The number of carbonyl (C=O) groups excluding carboxylic acids is 9. The third-order valence-corrected chi connectivity index (χ3v) is 24.7. The monoisotopic (exact) mass is 2040 g/mol. The van der Waals surface area contributed by atoms with Gasteiger partial charge >= 0.3 is 53.7 Å². The van der Waals surface area contributed by atoms with Crippen LogP contribution in [0.1, 0.15) is 224 Å². The van der Waals surface area contributed by atoms with Crippen LogP contribution in [0.5, 0.6) is 0 Å². The van der Waals surface area contributed by atoms with E-state index in [4.69, 9.17) is 75.8 Å². The van der Waals surface area contributed by atoms with E-state index in [0.717, 1.165) is 109 Å². The molecule has 26 nitrogen and oxygen atoms in total. The van der Waals surface area contributed by atoms with Gasteiger partial charge in [-0.2, -0.15) is 0 Å². The molecular formula is C123H150O26. The minimum atomic E-state index is -0.639. The molecule has 0 aliphatic heterocycles. The van der Waals surface area contributed by atoms with Crippen molar-refractivity contribution in [2.75, 3.05) is 40.6 Å². The summed E-state index contributed by atoms with van der Waals surface area (Å²) in [7, 11) is 0. The normalized spacial score (nSPS) is 15.5. The van der Waals surface area contributed by atoms with E-state index < -0.39 is 67.3 Å². The van der Waals surface area contributed by atoms with Gasteiger partial charge in [0.25, 0.3) is 0 Å². The first-order valence-electron chi connectivity index (χ1n) is 50.9. The number of carbonyl (C=O) groups is 9. The molecule has 798 valence electrons. The number of aryl methyl sites for hydroxylation is 2. The van der Waals surface area contributed by atoms with Gasteiger partial charge in [0.1, 0.15) is 0 Å². The summed E-state index contributed by atoms with van der Waals surface area (Å²) in [6.45, 7) is 52.2. The van der Waals surface area contributed by atoms with Crippen LogP contribution in [0.3, 0.4) is 0 Å². The van der Waals surface area contributed by atoms with Crippen molar-refractivity contribution in [2.24, 2.45) is 5.92 Å². The molecule has 8 aromatic carbocycles. The van der Waals surface area contributed by atoms with Crippen molar-refractivity contribution in [3.63, 3.8) is 0 Å². The fraction of sp³-hybridized carbons (Fsp3) is 0.407. The minimum Gasteiger partial charge on any atom is -0.450 e. The molecule has 8 aliphatic carbocycles. The number of fused-ring (bicyclic) bond motifs is 8. The lowest BCUT2D eigenvalue weighted by Crippen LogP contribution is -2.31. The molecule has 0 radical (unpaired) electrons. The first-order chi connectivity index (χ1) is 71.4. The topological polar surface area (TPSA) is 311 Å². The van der Waals surface area contributed by atoms with Gasteiger partial charge in [0, 0.05) is 56.9 Å². The third-order valence-electron chi connectivity index (χ3n) is 24.7. The molecular weight excluding hydrogens is 1890 g/mol. The molecule has 0 heterocycles. The highest BCUT2D eigenvalue weighted by molar-refractivity contribution is 5.90. The molecule has 8 aliphatic rings. The lowest BCUT2D eigenvalue weighted by Gasteiger charge is -2.25. The van der Waals surface area contributed by atoms with Crippen LogP contribution >= 0.6 is 0 Å². The second-order valence-electron chi connectivity index (χ2n) is 37.7. The molecule has 0 bridgehead atoms. The number of rotatable bonds is 36. The van der Waals surface area contributed by atoms with E-state index in [0.29, 0.717) is 45.4 Å². The molecule has 0 amide bonds. The highest BCUT2D eigenvalue weighted by atomic mass is 16.7. The van der Waals surface area contributed by atoms with Crippen LogP contribution in [0.25, 0.3) is 0 Å². The van der Waals surface area contributed by atoms with Gasteiger partial charge in [0.2, 0.25) is 18.9 Å². The highest BCUT2D eigenvalue weighted by Gasteiger charge is 2.33. The quantitative estimate of drug-likeness (QED) is 0.0152. The van der Waals surface area contributed by atoms with Crippen molar-refractivity contribution in [1.29, 1.82) is 0 Å². The predicted molar refractivity (Wildman–Crippen MR) is 570 cm³/mol. The smallest absolute Gasteiger partial charge is 0.346 e. The number of esters is 9. The Balaban J connectivity index is 0.000000207. The second-order valence-corrected chi connectivity index (χ2v) is 37.7. The van der Waals surface area contributed by atoms with Gasteiger partial charge in [-0.15, -0.1) is 0 Å². The molecule has 149 heavy (non-hydrogen) atoms. The van der Waals surface area contributed by atoms with Gasteiger partial charge in [0.05, 0.1) is 48.8 Å². The third kappa shape index (κ3) is 41.6. The maximum atomic E-state index is 11.6. The minimum absolute atomic E-state index is 0.00431. The van der Waals surface area contributed by atoms with Gasteiger partial charge in [-0.1, -0.05) is 281 Å². The van der Waals surface area contributed by atoms with E-state index in [2.05, 4.69) is 154 Å². The number of ether oxygens (including phenoxy) is 17. The molecule has 0 fully saturated rings. The number of hydrogen-bond acceptors (Lipinski definition) is 26. The first-order valence-corrected chi connectivity index (χ1v) is 50.9. The van der Waals surface area contributed by atoms with Crippen LogP contribution in [-0.2, 0) is 214 Å². The van der Waals surface area contributed by atoms with Crippen molar-refractivity contribution in [1.82, 2.24) is 0 Å². The van der Waals surface area contributed by atoms with Crippen LogP contribution in [0, 0.1) is 5.92 Å². The largest absolute Gasteiger partial charge is 0.450 e. The molecule has 5 unspecified atom stereocenters. The Labute approximate surface area is 879 Å². The van der Waals surface area contributed by atoms with E-state index in [-0.39, 0.29) is 106 Å². The molecule has 8 aromatic rings. The molecule has 0 saturated heterocycles. The molecule has 5 atom stereocenters. The van der Waals surface area contributed by atoms with Crippen LogP contribution in [-0.4, -0.2) is 150 Å². The zero-order valence-electron chi connectivity index (χ0n) is 89.1. The highest BCUT2D eigenvalue weighted by Crippen LogP contribution is 2.37. The predicted octanol–water partition coefficient (Wildman–Crippen LogP) is 22.2. The lowest BCUT2D eigenvalue weighted by atomic mass is 9.89.